The largest absolute Gasteiger partial charge is 0.360 e. The van der Waals surface area contributed by atoms with Gasteiger partial charge in [0.25, 0.3) is 5.91 Å². The molecule has 16 heavy (non-hydrogen) atoms. The summed E-state index contributed by atoms with van der Waals surface area (Å²) in [7, 11) is 0. The maximum Gasteiger partial charge on any atom is 0.282 e. The molecule has 1 aromatic heterocycles. The van der Waals surface area contributed by atoms with Crippen LogP contribution in [0.5, 0.6) is 0 Å². The number of hydrogen-bond donors (Lipinski definition) is 2. The van der Waals surface area contributed by atoms with Crippen LogP contribution in [0.2, 0.25) is 0 Å². The molecule has 1 aliphatic carbocycles. The normalized spacial score (nSPS) is 15.6. The van der Waals surface area contributed by atoms with E-state index in [-0.39, 0.29) is 5.91 Å². The van der Waals surface area contributed by atoms with Crippen molar-refractivity contribution in [1.29, 1.82) is 0 Å². The molecule has 1 saturated carbocycles. The van der Waals surface area contributed by atoms with Crippen LogP contribution in [0.1, 0.15) is 36.0 Å². The average molecular weight is 240 g/mol. The summed E-state index contributed by atoms with van der Waals surface area (Å²) in [5.74, 6) is 0.568. The molecule has 2 rings (SSSR count). The van der Waals surface area contributed by atoms with Crippen molar-refractivity contribution in [2.24, 2.45) is 5.92 Å². The standard InChI is InChI=1S/C10H16N4OS/c1-2-11-10-14-13-9(16-10)8(15)12-6-7-4-3-5-7/h7H,2-6H2,1H3,(H,11,14)(H,12,15). The maximum absolute atomic E-state index is 11.7. The van der Waals surface area contributed by atoms with E-state index in [0.29, 0.717) is 16.1 Å². The molecule has 5 nitrogen and oxygen atoms in total. The van der Waals surface area contributed by atoms with Gasteiger partial charge < -0.3 is 10.6 Å². The van der Waals surface area contributed by atoms with Crippen molar-refractivity contribution in [2.45, 2.75) is 26.2 Å². The van der Waals surface area contributed by atoms with Crippen LogP contribution < -0.4 is 10.6 Å². The zero-order valence-electron chi connectivity index (χ0n) is 9.32. The van der Waals surface area contributed by atoms with Gasteiger partial charge in [0.15, 0.2) is 0 Å². The lowest BCUT2D eigenvalue weighted by Crippen LogP contribution is -2.32. The summed E-state index contributed by atoms with van der Waals surface area (Å²) in [4.78, 5) is 11.7. The third kappa shape index (κ3) is 2.69. The summed E-state index contributed by atoms with van der Waals surface area (Å²) in [6.07, 6.45) is 3.77. The Kier molecular flexibility index (Phi) is 3.71. The van der Waals surface area contributed by atoms with E-state index in [0.717, 1.165) is 13.1 Å². The second-order valence-electron chi connectivity index (χ2n) is 3.95. The number of anilines is 1. The smallest absolute Gasteiger partial charge is 0.282 e. The molecule has 1 amide bonds. The predicted octanol–water partition coefficient (Wildman–Crippen LogP) is 1.50. The van der Waals surface area contributed by atoms with Gasteiger partial charge in [0, 0.05) is 13.1 Å². The van der Waals surface area contributed by atoms with Gasteiger partial charge in [-0.3, -0.25) is 4.79 Å². The van der Waals surface area contributed by atoms with Gasteiger partial charge in [0.05, 0.1) is 0 Å². The second-order valence-corrected chi connectivity index (χ2v) is 4.93. The van der Waals surface area contributed by atoms with E-state index in [1.54, 1.807) is 0 Å². The summed E-state index contributed by atoms with van der Waals surface area (Å²) in [6.45, 7) is 3.55. The van der Waals surface area contributed by atoms with E-state index in [9.17, 15) is 4.79 Å². The topological polar surface area (TPSA) is 66.9 Å². The fourth-order valence-corrected chi connectivity index (χ4v) is 2.28. The minimum absolute atomic E-state index is 0.103. The molecule has 2 N–H and O–H groups in total. The van der Waals surface area contributed by atoms with E-state index in [4.69, 9.17) is 0 Å². The van der Waals surface area contributed by atoms with Gasteiger partial charge >= 0.3 is 0 Å². The number of carbonyl (C=O) groups excluding carboxylic acids is 1. The molecule has 1 aliphatic rings. The van der Waals surface area contributed by atoms with Crippen LogP contribution >= 0.6 is 11.3 Å². The molecule has 0 radical (unpaired) electrons. The zero-order chi connectivity index (χ0) is 11.4. The van der Waals surface area contributed by atoms with Gasteiger partial charge in [0.2, 0.25) is 10.1 Å². The first kappa shape index (κ1) is 11.3. The molecule has 0 aliphatic heterocycles. The highest BCUT2D eigenvalue weighted by atomic mass is 32.1. The average Bonchev–Trinajstić information content (AvgIpc) is 2.64. The van der Waals surface area contributed by atoms with Crippen molar-refractivity contribution in [3.8, 4) is 0 Å². The van der Waals surface area contributed by atoms with Gasteiger partial charge in [-0.15, -0.1) is 10.2 Å². The number of aromatic nitrogens is 2. The van der Waals surface area contributed by atoms with E-state index in [1.807, 2.05) is 6.92 Å². The Morgan fingerprint density at radius 2 is 2.31 bits per heavy atom. The fraction of sp³-hybridized carbons (Fsp3) is 0.700. The van der Waals surface area contributed by atoms with E-state index in [1.165, 1.54) is 30.6 Å². The fourth-order valence-electron chi connectivity index (χ4n) is 1.55. The van der Waals surface area contributed by atoms with Crippen LogP contribution in [-0.2, 0) is 0 Å². The molecule has 0 bridgehead atoms. The van der Waals surface area contributed by atoms with Crippen LogP contribution in [0.15, 0.2) is 0 Å². The van der Waals surface area contributed by atoms with Crippen molar-refractivity contribution in [2.75, 3.05) is 18.4 Å². The van der Waals surface area contributed by atoms with Crippen molar-refractivity contribution in [1.82, 2.24) is 15.5 Å². The lowest BCUT2D eigenvalue weighted by Gasteiger charge is -2.24. The molecule has 1 heterocycles. The Morgan fingerprint density at radius 3 is 2.94 bits per heavy atom. The lowest BCUT2D eigenvalue weighted by molar-refractivity contribution is 0.0938. The molecule has 6 heteroatoms. The predicted molar refractivity (Wildman–Crippen MR) is 63.7 cm³/mol. The Labute approximate surface area is 98.7 Å². The van der Waals surface area contributed by atoms with Gasteiger partial charge in [-0.1, -0.05) is 17.8 Å². The first-order chi connectivity index (χ1) is 7.79. The molecule has 0 aromatic carbocycles. The molecule has 0 saturated heterocycles. The lowest BCUT2D eigenvalue weighted by atomic mass is 9.85. The second kappa shape index (κ2) is 5.25. The SMILES string of the molecule is CCNc1nnc(C(=O)NCC2CCC2)s1. The van der Waals surface area contributed by atoms with Crippen LogP contribution in [-0.4, -0.2) is 29.2 Å². The number of rotatable bonds is 5. The van der Waals surface area contributed by atoms with Gasteiger partial charge in [0.1, 0.15) is 0 Å². The molecule has 1 fully saturated rings. The Bertz CT molecular complexity index is 361. The molecular weight excluding hydrogens is 224 g/mol. The van der Waals surface area contributed by atoms with Crippen molar-refractivity contribution in [3.05, 3.63) is 5.01 Å². The van der Waals surface area contributed by atoms with Crippen LogP contribution in [0, 0.1) is 5.92 Å². The third-order valence-electron chi connectivity index (χ3n) is 2.72. The van der Waals surface area contributed by atoms with Gasteiger partial charge in [-0.05, 0) is 25.7 Å². The zero-order valence-corrected chi connectivity index (χ0v) is 10.1. The van der Waals surface area contributed by atoms with Gasteiger partial charge in [-0.2, -0.15) is 0 Å². The molecular formula is C10H16N4OS. The molecule has 0 atom stereocenters. The molecule has 88 valence electrons. The van der Waals surface area contributed by atoms with Crippen LogP contribution in [0.3, 0.4) is 0 Å². The number of amides is 1. The quantitative estimate of drug-likeness (QED) is 0.818. The van der Waals surface area contributed by atoms with E-state index in [2.05, 4.69) is 20.8 Å². The highest BCUT2D eigenvalue weighted by Crippen LogP contribution is 2.25. The van der Waals surface area contributed by atoms with E-state index < -0.39 is 0 Å². The first-order valence-corrected chi connectivity index (χ1v) is 6.47. The minimum Gasteiger partial charge on any atom is -0.360 e. The van der Waals surface area contributed by atoms with Crippen LogP contribution in [0.25, 0.3) is 0 Å². The van der Waals surface area contributed by atoms with Gasteiger partial charge in [-0.25, -0.2) is 0 Å². The number of carbonyl (C=O) groups is 1. The number of nitrogens with zero attached hydrogens (tertiary/aromatic N) is 2. The van der Waals surface area contributed by atoms with Crippen LogP contribution in [0.4, 0.5) is 5.13 Å². The molecule has 0 spiro atoms. The summed E-state index contributed by atoms with van der Waals surface area (Å²) in [5.41, 5.74) is 0. The Balaban J connectivity index is 1.82. The number of nitrogens with one attached hydrogen (secondary N) is 2. The highest BCUT2D eigenvalue weighted by molar-refractivity contribution is 7.17. The van der Waals surface area contributed by atoms with Crippen molar-refractivity contribution in [3.63, 3.8) is 0 Å². The third-order valence-corrected chi connectivity index (χ3v) is 3.60. The highest BCUT2D eigenvalue weighted by Gasteiger charge is 2.19. The molecule has 0 unspecified atom stereocenters. The van der Waals surface area contributed by atoms with E-state index >= 15 is 0 Å². The number of hydrogen-bond acceptors (Lipinski definition) is 5. The van der Waals surface area contributed by atoms with Crippen molar-refractivity contribution < 1.29 is 4.79 Å². The monoisotopic (exact) mass is 240 g/mol. The van der Waals surface area contributed by atoms with Crippen molar-refractivity contribution >= 4 is 22.4 Å². The Morgan fingerprint density at radius 1 is 1.50 bits per heavy atom. The summed E-state index contributed by atoms with van der Waals surface area (Å²) < 4.78 is 0. The summed E-state index contributed by atoms with van der Waals surface area (Å²) in [6, 6.07) is 0. The summed E-state index contributed by atoms with van der Waals surface area (Å²) in [5, 5.41) is 14.8. The minimum atomic E-state index is -0.103. The first-order valence-electron chi connectivity index (χ1n) is 5.65. The molecule has 1 aromatic rings. The maximum atomic E-state index is 11.7. The summed E-state index contributed by atoms with van der Waals surface area (Å²) >= 11 is 1.30. The Hall–Kier alpha value is -1.17.